The van der Waals surface area contributed by atoms with Crippen LogP contribution in [0.5, 0.6) is 11.5 Å². The Labute approximate surface area is 171 Å². The van der Waals surface area contributed by atoms with E-state index in [4.69, 9.17) is 16.3 Å². The van der Waals surface area contributed by atoms with Crippen molar-refractivity contribution in [2.24, 2.45) is 0 Å². The van der Waals surface area contributed by atoms with E-state index in [9.17, 15) is 9.90 Å². The number of nitrogens with one attached hydrogen (secondary N) is 1. The average Bonchev–Trinajstić information content (AvgIpc) is 2.88. The average molecular weight is 416 g/mol. The first kappa shape index (κ1) is 18.7. The molecule has 0 saturated carbocycles. The molecule has 8 heteroatoms. The van der Waals surface area contributed by atoms with E-state index in [1.807, 2.05) is 25.1 Å². The molecule has 1 aliphatic rings. The summed E-state index contributed by atoms with van der Waals surface area (Å²) >= 11 is 7.66. The van der Waals surface area contributed by atoms with Crippen molar-refractivity contribution in [2.75, 3.05) is 18.2 Å². The first-order valence-corrected chi connectivity index (χ1v) is 10.0. The Morgan fingerprint density at radius 2 is 2.14 bits per heavy atom. The molecule has 1 atom stereocenters. The van der Waals surface area contributed by atoms with Crippen LogP contribution in [0.15, 0.2) is 42.5 Å². The lowest BCUT2D eigenvalue weighted by Crippen LogP contribution is -2.15. The molecule has 0 bridgehead atoms. The smallest absolute Gasteiger partial charge is 0.235 e. The number of hydrogen-bond acceptors (Lipinski definition) is 5. The number of hydrogen-bond donors (Lipinski definition) is 2. The fourth-order valence-electron chi connectivity index (χ4n) is 3.30. The minimum Gasteiger partial charge on any atom is -0.504 e. The van der Waals surface area contributed by atoms with Crippen LogP contribution >= 0.6 is 23.4 Å². The standard InChI is InChI=1S/C20H18ClN3O3S/c1-11-18-19(12-6-7-15(25)16(8-12)27-2)28-10-17(26)22-20(18)24(23-11)14-5-3-4-13(21)9-14/h3-9,19,25H,10H2,1-2H3,(H,22,26)/t19-/m0/s1. The number of carbonyl (C=O) groups is 1. The highest BCUT2D eigenvalue weighted by Crippen LogP contribution is 2.45. The maximum atomic E-state index is 12.4. The van der Waals surface area contributed by atoms with Crippen LogP contribution in [0, 0.1) is 6.92 Å². The van der Waals surface area contributed by atoms with Crippen LogP contribution in [0.1, 0.15) is 22.1 Å². The van der Waals surface area contributed by atoms with Gasteiger partial charge in [0.05, 0.1) is 29.5 Å². The fourth-order valence-corrected chi connectivity index (χ4v) is 4.66. The number of aromatic nitrogens is 2. The zero-order chi connectivity index (χ0) is 19.8. The van der Waals surface area contributed by atoms with E-state index in [0.717, 1.165) is 22.5 Å². The molecule has 0 spiro atoms. The van der Waals surface area contributed by atoms with Gasteiger partial charge in [-0.25, -0.2) is 4.68 Å². The number of methoxy groups -OCH3 is 1. The van der Waals surface area contributed by atoms with Crippen molar-refractivity contribution in [1.82, 2.24) is 9.78 Å². The van der Waals surface area contributed by atoms with Crippen LogP contribution in [0.25, 0.3) is 5.69 Å². The summed E-state index contributed by atoms with van der Waals surface area (Å²) in [6, 6.07) is 12.6. The molecule has 2 aromatic carbocycles. The van der Waals surface area contributed by atoms with Crippen LogP contribution in [-0.2, 0) is 4.79 Å². The van der Waals surface area contributed by atoms with Crippen LogP contribution in [0.2, 0.25) is 5.02 Å². The van der Waals surface area contributed by atoms with Crippen molar-refractivity contribution < 1.29 is 14.6 Å². The number of aryl methyl sites for hydroxylation is 1. The van der Waals surface area contributed by atoms with Crippen LogP contribution in [-0.4, -0.2) is 33.7 Å². The monoisotopic (exact) mass is 415 g/mol. The molecule has 4 rings (SSSR count). The first-order valence-electron chi connectivity index (χ1n) is 8.61. The number of benzene rings is 2. The highest BCUT2D eigenvalue weighted by atomic mass is 35.5. The number of phenols is 1. The van der Waals surface area contributed by atoms with Gasteiger partial charge in [0.15, 0.2) is 11.5 Å². The Balaban J connectivity index is 1.89. The lowest BCUT2D eigenvalue weighted by Gasteiger charge is -2.16. The minimum absolute atomic E-state index is 0.0747. The van der Waals surface area contributed by atoms with Gasteiger partial charge in [0.2, 0.25) is 5.91 Å². The predicted octanol–water partition coefficient (Wildman–Crippen LogP) is 4.32. The van der Waals surface area contributed by atoms with Crippen molar-refractivity contribution in [3.63, 3.8) is 0 Å². The lowest BCUT2D eigenvalue weighted by atomic mass is 10.0. The quantitative estimate of drug-likeness (QED) is 0.666. The van der Waals surface area contributed by atoms with Crippen molar-refractivity contribution in [3.05, 3.63) is 64.3 Å². The third-order valence-corrected chi connectivity index (χ3v) is 6.07. The number of anilines is 1. The first-order chi connectivity index (χ1) is 13.5. The molecule has 1 aliphatic heterocycles. The number of aromatic hydroxyl groups is 1. The number of thioether (sulfide) groups is 1. The molecule has 0 fully saturated rings. The van der Waals surface area contributed by atoms with E-state index in [2.05, 4.69) is 10.4 Å². The molecule has 0 aliphatic carbocycles. The molecule has 2 heterocycles. The molecular formula is C20H18ClN3O3S. The summed E-state index contributed by atoms with van der Waals surface area (Å²) in [4.78, 5) is 12.4. The van der Waals surface area contributed by atoms with E-state index < -0.39 is 0 Å². The SMILES string of the molecule is COc1cc([C@@H]2SCC(=O)Nc3c2c(C)nn3-c2cccc(Cl)c2)ccc1O. The van der Waals surface area contributed by atoms with Gasteiger partial charge in [0, 0.05) is 10.6 Å². The van der Waals surface area contributed by atoms with Gasteiger partial charge >= 0.3 is 0 Å². The van der Waals surface area contributed by atoms with Crippen molar-refractivity contribution >= 4 is 35.1 Å². The summed E-state index contributed by atoms with van der Waals surface area (Å²) in [6.45, 7) is 1.92. The number of ether oxygens (including phenoxy) is 1. The summed E-state index contributed by atoms with van der Waals surface area (Å²) in [7, 11) is 1.51. The number of rotatable bonds is 3. The summed E-state index contributed by atoms with van der Waals surface area (Å²) in [5.74, 6) is 1.31. The highest BCUT2D eigenvalue weighted by molar-refractivity contribution is 8.00. The molecule has 144 valence electrons. The van der Waals surface area contributed by atoms with Crippen molar-refractivity contribution in [3.8, 4) is 17.2 Å². The minimum atomic E-state index is -0.142. The van der Waals surface area contributed by atoms with Gasteiger partial charge < -0.3 is 15.2 Å². The summed E-state index contributed by atoms with van der Waals surface area (Å²) in [5.41, 5.74) is 3.42. The van der Waals surface area contributed by atoms with Gasteiger partial charge in [-0.1, -0.05) is 23.7 Å². The molecule has 0 unspecified atom stereocenters. The van der Waals surface area contributed by atoms with Crippen molar-refractivity contribution in [1.29, 1.82) is 0 Å². The Hall–Kier alpha value is -2.64. The number of nitrogens with zero attached hydrogens (tertiary/aromatic N) is 2. The molecule has 2 N–H and O–H groups in total. The molecule has 1 amide bonds. The van der Waals surface area contributed by atoms with E-state index >= 15 is 0 Å². The number of amides is 1. The van der Waals surface area contributed by atoms with E-state index in [1.165, 1.54) is 18.9 Å². The zero-order valence-corrected chi connectivity index (χ0v) is 16.8. The molecule has 6 nitrogen and oxygen atoms in total. The second-order valence-corrected chi connectivity index (χ2v) is 7.94. The van der Waals surface area contributed by atoms with Crippen LogP contribution in [0.3, 0.4) is 0 Å². The number of fused-ring (bicyclic) bond motifs is 1. The van der Waals surface area contributed by atoms with E-state index in [-0.39, 0.29) is 16.9 Å². The summed E-state index contributed by atoms with van der Waals surface area (Å²) in [5, 5.41) is 18.0. The second kappa shape index (κ2) is 7.41. The molecule has 0 saturated heterocycles. The van der Waals surface area contributed by atoms with Gasteiger partial charge in [-0.15, -0.1) is 11.8 Å². The van der Waals surface area contributed by atoms with Gasteiger partial charge in [-0.05, 0) is 42.8 Å². The van der Waals surface area contributed by atoms with Gasteiger partial charge in [-0.3, -0.25) is 4.79 Å². The van der Waals surface area contributed by atoms with Crippen LogP contribution < -0.4 is 10.1 Å². The number of halogens is 1. The Morgan fingerprint density at radius 1 is 1.32 bits per heavy atom. The normalized spacial score (nSPS) is 16.2. The lowest BCUT2D eigenvalue weighted by molar-refractivity contribution is -0.113. The topological polar surface area (TPSA) is 76.4 Å². The fraction of sp³-hybridized carbons (Fsp3) is 0.200. The molecule has 3 aromatic rings. The maximum absolute atomic E-state index is 12.4. The Bertz CT molecular complexity index is 1070. The van der Waals surface area contributed by atoms with Gasteiger partial charge in [-0.2, -0.15) is 5.10 Å². The highest BCUT2D eigenvalue weighted by Gasteiger charge is 2.31. The van der Waals surface area contributed by atoms with E-state index in [0.29, 0.717) is 22.3 Å². The molecule has 1 aromatic heterocycles. The molecular weight excluding hydrogens is 398 g/mol. The summed E-state index contributed by atoms with van der Waals surface area (Å²) < 4.78 is 6.97. The predicted molar refractivity (Wildman–Crippen MR) is 111 cm³/mol. The molecule has 0 radical (unpaired) electrons. The largest absolute Gasteiger partial charge is 0.504 e. The van der Waals surface area contributed by atoms with Crippen LogP contribution in [0.4, 0.5) is 5.82 Å². The Kier molecular flexibility index (Phi) is 4.95. The Morgan fingerprint density at radius 3 is 2.89 bits per heavy atom. The van der Waals surface area contributed by atoms with Gasteiger partial charge in [0.1, 0.15) is 5.82 Å². The number of phenolic OH excluding ortho intramolecular Hbond substituents is 1. The zero-order valence-electron chi connectivity index (χ0n) is 15.3. The summed E-state index contributed by atoms with van der Waals surface area (Å²) in [6.07, 6.45) is 0. The van der Waals surface area contributed by atoms with E-state index in [1.54, 1.807) is 28.9 Å². The van der Waals surface area contributed by atoms with Crippen molar-refractivity contribution in [2.45, 2.75) is 12.2 Å². The third kappa shape index (κ3) is 3.31. The second-order valence-electron chi connectivity index (χ2n) is 6.41. The number of carbonyl (C=O) groups excluding carboxylic acids is 1. The molecule has 28 heavy (non-hydrogen) atoms. The van der Waals surface area contributed by atoms with Gasteiger partial charge in [0.25, 0.3) is 0 Å². The third-order valence-electron chi connectivity index (χ3n) is 4.57. The maximum Gasteiger partial charge on any atom is 0.235 e.